The maximum absolute atomic E-state index is 12.9. The van der Waals surface area contributed by atoms with Crippen molar-refractivity contribution in [3.05, 3.63) is 88.8 Å². The molecule has 4 heteroatoms. The van der Waals surface area contributed by atoms with Crippen LogP contribution in [0.3, 0.4) is 0 Å². The third-order valence-corrected chi connectivity index (χ3v) is 5.91. The Bertz CT molecular complexity index is 944. The molecule has 28 heavy (non-hydrogen) atoms. The lowest BCUT2D eigenvalue weighted by molar-refractivity contribution is 0.131. The fraction of sp³-hybridized carbons (Fsp3) is 0.333. The Morgan fingerprint density at radius 3 is 2.29 bits per heavy atom. The smallest absolute Gasteiger partial charge is 0.274 e. The summed E-state index contributed by atoms with van der Waals surface area (Å²) in [6.45, 7) is 5.11. The maximum atomic E-state index is 12.9. The lowest BCUT2D eigenvalue weighted by Crippen LogP contribution is -2.38. The molecule has 144 valence electrons. The van der Waals surface area contributed by atoms with Crippen molar-refractivity contribution in [1.29, 1.82) is 0 Å². The number of hydrogen-bond acceptors (Lipinski definition) is 3. The monoisotopic (exact) mass is 373 g/mol. The summed E-state index contributed by atoms with van der Waals surface area (Å²) in [4.78, 5) is 15.4. The van der Waals surface area contributed by atoms with Gasteiger partial charge in [0.05, 0.1) is 5.56 Å². The van der Waals surface area contributed by atoms with Crippen molar-refractivity contribution < 1.29 is 0 Å². The third kappa shape index (κ3) is 4.07. The molecule has 4 nitrogen and oxygen atoms in total. The van der Waals surface area contributed by atoms with Crippen LogP contribution in [0.1, 0.15) is 31.4 Å². The van der Waals surface area contributed by atoms with Crippen LogP contribution in [-0.2, 0) is 6.54 Å². The van der Waals surface area contributed by atoms with E-state index in [1.807, 2.05) is 36.4 Å². The standard InChI is InChI=1S/C24H27N3O/c1-19(21-8-4-2-5-9-21)26-16-13-20(14-17-26)18-27-24(28)23(12-15-25-27)22-10-6-3-7-11-22/h2-12,15,19-20H,13-14,16-18H2,1H3. The van der Waals surface area contributed by atoms with Gasteiger partial charge in [0.25, 0.3) is 5.56 Å². The van der Waals surface area contributed by atoms with Gasteiger partial charge in [-0.2, -0.15) is 5.10 Å². The summed E-state index contributed by atoms with van der Waals surface area (Å²) in [5.74, 6) is 0.496. The van der Waals surface area contributed by atoms with Crippen molar-refractivity contribution in [1.82, 2.24) is 14.7 Å². The van der Waals surface area contributed by atoms with Crippen molar-refractivity contribution in [2.45, 2.75) is 32.4 Å². The SMILES string of the molecule is CC(c1ccccc1)N1CCC(Cn2nccc(-c3ccccc3)c2=O)CC1. The number of likely N-dealkylation sites (tertiary alicyclic amines) is 1. The van der Waals surface area contributed by atoms with Gasteiger partial charge in [-0.15, -0.1) is 0 Å². The lowest BCUT2D eigenvalue weighted by Gasteiger charge is -2.36. The third-order valence-electron chi connectivity index (χ3n) is 5.91. The average molecular weight is 374 g/mol. The molecule has 3 aromatic rings. The summed E-state index contributed by atoms with van der Waals surface area (Å²) in [6, 6.07) is 22.8. The molecule has 4 rings (SSSR count). The molecule has 0 aliphatic carbocycles. The first-order valence-corrected chi connectivity index (χ1v) is 10.1. The van der Waals surface area contributed by atoms with E-state index in [-0.39, 0.29) is 5.56 Å². The highest BCUT2D eigenvalue weighted by Gasteiger charge is 2.24. The van der Waals surface area contributed by atoms with Gasteiger partial charge in [-0.1, -0.05) is 60.7 Å². The van der Waals surface area contributed by atoms with E-state index in [1.165, 1.54) is 5.56 Å². The molecule has 0 amide bonds. The van der Waals surface area contributed by atoms with Crippen LogP contribution in [0.5, 0.6) is 0 Å². The Labute approximate surface area is 166 Å². The summed E-state index contributed by atoms with van der Waals surface area (Å²) < 4.78 is 1.66. The minimum Gasteiger partial charge on any atom is -0.297 e. The van der Waals surface area contributed by atoms with E-state index in [9.17, 15) is 4.79 Å². The second-order valence-electron chi connectivity index (χ2n) is 7.66. The van der Waals surface area contributed by atoms with E-state index >= 15 is 0 Å². The van der Waals surface area contributed by atoms with E-state index in [0.717, 1.165) is 37.1 Å². The number of nitrogens with zero attached hydrogens (tertiary/aromatic N) is 3. The van der Waals surface area contributed by atoms with E-state index in [4.69, 9.17) is 0 Å². The van der Waals surface area contributed by atoms with Crippen molar-refractivity contribution >= 4 is 0 Å². The summed E-state index contributed by atoms with van der Waals surface area (Å²) in [5.41, 5.74) is 3.06. The highest BCUT2D eigenvalue weighted by molar-refractivity contribution is 5.61. The van der Waals surface area contributed by atoms with Gasteiger partial charge in [0, 0.05) is 18.8 Å². The number of hydrogen-bond donors (Lipinski definition) is 0. The normalized spacial score (nSPS) is 16.8. The van der Waals surface area contributed by atoms with Crippen LogP contribution >= 0.6 is 0 Å². The second kappa shape index (κ2) is 8.53. The molecule has 1 atom stereocenters. The maximum Gasteiger partial charge on any atom is 0.274 e. The molecule has 1 aromatic heterocycles. The molecule has 2 heterocycles. The molecular weight excluding hydrogens is 346 g/mol. The van der Waals surface area contributed by atoms with Crippen molar-refractivity contribution in [3.8, 4) is 11.1 Å². The second-order valence-corrected chi connectivity index (χ2v) is 7.66. The van der Waals surface area contributed by atoms with E-state index in [2.05, 4.69) is 47.3 Å². The van der Waals surface area contributed by atoms with E-state index < -0.39 is 0 Å². The molecule has 0 radical (unpaired) electrons. The highest BCUT2D eigenvalue weighted by atomic mass is 16.1. The van der Waals surface area contributed by atoms with Crippen LogP contribution < -0.4 is 5.56 Å². The Balaban J connectivity index is 1.41. The fourth-order valence-electron chi connectivity index (χ4n) is 4.13. The van der Waals surface area contributed by atoms with E-state index in [0.29, 0.717) is 18.5 Å². The average Bonchev–Trinajstić information content (AvgIpc) is 2.76. The zero-order valence-corrected chi connectivity index (χ0v) is 16.4. The van der Waals surface area contributed by atoms with Crippen LogP contribution in [0, 0.1) is 5.92 Å². The minimum absolute atomic E-state index is 0.00813. The number of rotatable bonds is 5. The molecule has 0 bridgehead atoms. The quantitative estimate of drug-likeness (QED) is 0.666. The predicted octanol–water partition coefficient (Wildman–Crippen LogP) is 4.38. The number of piperidine rings is 1. The fourth-order valence-corrected chi connectivity index (χ4v) is 4.13. The van der Waals surface area contributed by atoms with Gasteiger partial charge in [0.1, 0.15) is 0 Å². The molecule has 0 saturated carbocycles. The zero-order valence-electron chi connectivity index (χ0n) is 16.4. The number of aromatic nitrogens is 2. The Morgan fingerprint density at radius 1 is 0.964 bits per heavy atom. The summed E-state index contributed by atoms with van der Waals surface area (Å²) in [5, 5.41) is 4.35. The molecule has 2 aromatic carbocycles. The molecule has 1 fully saturated rings. The molecule has 1 saturated heterocycles. The molecular formula is C24H27N3O. The van der Waals surface area contributed by atoms with Gasteiger partial charge < -0.3 is 0 Å². The van der Waals surface area contributed by atoms with Gasteiger partial charge >= 0.3 is 0 Å². The molecule has 1 unspecified atom stereocenters. The van der Waals surface area contributed by atoms with Crippen LogP contribution in [0.15, 0.2) is 77.7 Å². The first kappa shape index (κ1) is 18.6. The summed E-state index contributed by atoms with van der Waals surface area (Å²) in [7, 11) is 0. The van der Waals surface area contributed by atoms with Crippen molar-refractivity contribution in [2.75, 3.05) is 13.1 Å². The topological polar surface area (TPSA) is 38.1 Å². The van der Waals surface area contributed by atoms with Gasteiger partial charge in [-0.25, -0.2) is 4.68 Å². The van der Waals surface area contributed by atoms with Crippen molar-refractivity contribution in [2.24, 2.45) is 5.92 Å². The first-order chi connectivity index (χ1) is 13.7. The van der Waals surface area contributed by atoms with Crippen molar-refractivity contribution in [3.63, 3.8) is 0 Å². The van der Waals surface area contributed by atoms with Crippen LogP contribution in [0.4, 0.5) is 0 Å². The molecule has 0 N–H and O–H groups in total. The summed E-state index contributed by atoms with van der Waals surface area (Å²) >= 11 is 0. The summed E-state index contributed by atoms with van der Waals surface area (Å²) in [6.07, 6.45) is 3.94. The molecule has 1 aliphatic heterocycles. The Hall–Kier alpha value is -2.72. The van der Waals surface area contributed by atoms with Gasteiger partial charge in [-0.3, -0.25) is 9.69 Å². The van der Waals surface area contributed by atoms with Crippen LogP contribution in [-0.4, -0.2) is 27.8 Å². The lowest BCUT2D eigenvalue weighted by atomic mass is 9.94. The van der Waals surface area contributed by atoms with Gasteiger partial charge in [0.2, 0.25) is 0 Å². The Kier molecular flexibility index (Phi) is 5.68. The zero-order chi connectivity index (χ0) is 19.3. The molecule has 0 spiro atoms. The van der Waals surface area contributed by atoms with Gasteiger partial charge in [-0.05, 0) is 56.0 Å². The first-order valence-electron chi connectivity index (χ1n) is 10.1. The van der Waals surface area contributed by atoms with Crippen LogP contribution in [0.25, 0.3) is 11.1 Å². The molecule has 1 aliphatic rings. The van der Waals surface area contributed by atoms with Gasteiger partial charge in [0.15, 0.2) is 0 Å². The van der Waals surface area contributed by atoms with Crippen LogP contribution in [0.2, 0.25) is 0 Å². The highest BCUT2D eigenvalue weighted by Crippen LogP contribution is 2.27. The largest absolute Gasteiger partial charge is 0.297 e. The predicted molar refractivity (Wildman–Crippen MR) is 113 cm³/mol. The minimum atomic E-state index is 0.00813. The number of benzene rings is 2. The Morgan fingerprint density at radius 2 is 1.61 bits per heavy atom. The van der Waals surface area contributed by atoms with E-state index in [1.54, 1.807) is 10.9 Å².